The van der Waals surface area contributed by atoms with E-state index in [-0.39, 0.29) is 41.5 Å². The average Bonchev–Trinajstić information content (AvgIpc) is 3.73. The average molecular weight is 588 g/mol. The van der Waals surface area contributed by atoms with E-state index in [1.54, 1.807) is 37.4 Å². The lowest BCUT2D eigenvalue weighted by Crippen LogP contribution is -2.50. The summed E-state index contributed by atoms with van der Waals surface area (Å²) in [5.74, 6) is -0.463. The molecule has 1 saturated carbocycles. The third kappa shape index (κ3) is 7.73. The number of rotatable bonds is 12. The van der Waals surface area contributed by atoms with Crippen molar-refractivity contribution in [1.82, 2.24) is 30.2 Å². The Morgan fingerprint density at radius 1 is 1.19 bits per heavy atom. The smallest absolute Gasteiger partial charge is 0.272 e. The maximum Gasteiger partial charge on any atom is 0.272 e. The Labute approximate surface area is 251 Å². The zero-order valence-corrected chi connectivity index (χ0v) is 25.1. The standard InChI is InChI=1S/C26H35B3N8O6/c1-36(11-14(39)12-38)25(42)19-9-17(35-37(19)2)15-5-4-6-16(22(15)43-3)30-18-10-20(31-23(40)13-7-8-13)33-34-21(18)24(41)32-26(27,28)29/h4-6,9-10,13-14,38-39H,7-8,11-12,27-29H2,1-3H3,(H,32,41)(H2,30,31,33,40). The van der Waals surface area contributed by atoms with E-state index in [1.807, 2.05) is 23.5 Å². The van der Waals surface area contributed by atoms with Gasteiger partial charge in [0.15, 0.2) is 17.3 Å². The molecule has 0 spiro atoms. The van der Waals surface area contributed by atoms with E-state index in [1.165, 1.54) is 23.7 Å². The molecule has 224 valence electrons. The molecule has 5 N–H and O–H groups in total. The molecule has 4 rings (SSSR count). The molecular weight excluding hydrogens is 553 g/mol. The Hall–Kier alpha value is -4.37. The summed E-state index contributed by atoms with van der Waals surface area (Å²) in [4.78, 5) is 39.9. The van der Waals surface area contributed by atoms with Gasteiger partial charge in [0.2, 0.25) is 5.91 Å². The molecule has 0 radical (unpaired) electrons. The van der Waals surface area contributed by atoms with Crippen LogP contribution in [0, 0.1) is 5.92 Å². The highest BCUT2D eigenvalue weighted by molar-refractivity contribution is 6.60. The summed E-state index contributed by atoms with van der Waals surface area (Å²) in [6, 6.07) is 8.44. The van der Waals surface area contributed by atoms with Gasteiger partial charge < -0.3 is 35.8 Å². The van der Waals surface area contributed by atoms with E-state index < -0.39 is 23.9 Å². The van der Waals surface area contributed by atoms with E-state index in [0.717, 1.165) is 12.8 Å². The number of hydrogen-bond donors (Lipinski definition) is 5. The van der Waals surface area contributed by atoms with E-state index in [9.17, 15) is 19.5 Å². The number of aliphatic hydroxyl groups excluding tert-OH is 2. The quantitative estimate of drug-likeness (QED) is 0.144. The molecule has 0 aliphatic heterocycles. The first-order valence-corrected chi connectivity index (χ1v) is 13.8. The van der Waals surface area contributed by atoms with Crippen LogP contribution in [0.25, 0.3) is 11.3 Å². The number of aliphatic hydroxyl groups is 2. The maximum atomic E-state index is 13.2. The normalized spacial score (nSPS) is 13.6. The van der Waals surface area contributed by atoms with Gasteiger partial charge in [-0.15, -0.1) is 10.2 Å². The van der Waals surface area contributed by atoms with Gasteiger partial charge in [0.25, 0.3) is 11.8 Å². The van der Waals surface area contributed by atoms with Crippen LogP contribution in [-0.2, 0) is 11.8 Å². The van der Waals surface area contributed by atoms with Gasteiger partial charge in [0.05, 0.1) is 36.9 Å². The minimum absolute atomic E-state index is 0.0191. The van der Waals surface area contributed by atoms with Gasteiger partial charge >= 0.3 is 0 Å². The molecule has 2 aromatic heterocycles. The Morgan fingerprint density at radius 2 is 1.91 bits per heavy atom. The zero-order chi connectivity index (χ0) is 31.5. The lowest BCUT2D eigenvalue weighted by atomic mass is 9.49. The van der Waals surface area contributed by atoms with Crippen molar-refractivity contribution in [2.24, 2.45) is 13.0 Å². The van der Waals surface area contributed by atoms with Gasteiger partial charge in [0.1, 0.15) is 29.2 Å². The van der Waals surface area contributed by atoms with E-state index in [4.69, 9.17) is 9.84 Å². The fourth-order valence-corrected chi connectivity index (χ4v) is 4.34. The van der Waals surface area contributed by atoms with Crippen molar-refractivity contribution in [2.75, 3.05) is 37.9 Å². The number of benzene rings is 1. The van der Waals surface area contributed by atoms with Gasteiger partial charge in [-0.05, 0) is 36.3 Å². The first kappa shape index (κ1) is 31.6. The van der Waals surface area contributed by atoms with E-state index in [0.29, 0.717) is 28.4 Å². The number of methoxy groups -OCH3 is 1. The highest BCUT2D eigenvalue weighted by Crippen LogP contribution is 2.38. The van der Waals surface area contributed by atoms with Crippen LogP contribution in [0.15, 0.2) is 30.3 Å². The number of carbonyl (C=O) groups excluding carboxylic acids is 3. The Bertz CT molecular complexity index is 1520. The number of carbonyl (C=O) groups is 3. The molecular formula is C26H35B3N8O6. The third-order valence-corrected chi connectivity index (χ3v) is 6.60. The van der Waals surface area contributed by atoms with Crippen LogP contribution in [0.4, 0.5) is 17.2 Å². The highest BCUT2D eigenvalue weighted by Gasteiger charge is 2.30. The second-order valence-electron chi connectivity index (χ2n) is 11.5. The number of aromatic nitrogens is 4. The molecule has 0 saturated heterocycles. The lowest BCUT2D eigenvalue weighted by Gasteiger charge is -2.22. The Morgan fingerprint density at radius 3 is 2.53 bits per heavy atom. The predicted molar refractivity (Wildman–Crippen MR) is 168 cm³/mol. The van der Waals surface area contributed by atoms with Crippen molar-refractivity contribution in [3.63, 3.8) is 0 Å². The number of amides is 3. The number of anilines is 3. The molecule has 1 atom stereocenters. The number of likely N-dealkylation sites (N-methyl/N-ethyl adjacent to an activating group) is 1. The molecule has 0 bridgehead atoms. The predicted octanol–water partition coefficient (Wildman–Crippen LogP) is -2.36. The van der Waals surface area contributed by atoms with E-state index >= 15 is 0 Å². The largest absolute Gasteiger partial charge is 0.494 e. The number of nitrogens with one attached hydrogen (secondary N) is 3. The summed E-state index contributed by atoms with van der Waals surface area (Å²) >= 11 is 0. The molecule has 43 heavy (non-hydrogen) atoms. The van der Waals surface area contributed by atoms with Crippen molar-refractivity contribution < 1.29 is 29.3 Å². The number of para-hydroxylation sites is 1. The fraction of sp³-hybridized carbons (Fsp3) is 0.385. The van der Waals surface area contributed by atoms with Crippen LogP contribution in [0.1, 0.15) is 33.8 Å². The summed E-state index contributed by atoms with van der Waals surface area (Å²) in [5.41, 5.74) is 2.05. The van der Waals surface area contributed by atoms with Crippen LogP contribution in [0.3, 0.4) is 0 Å². The summed E-state index contributed by atoms with van der Waals surface area (Å²) in [7, 11) is 10.2. The summed E-state index contributed by atoms with van der Waals surface area (Å²) in [6.45, 7) is -0.515. The third-order valence-electron chi connectivity index (χ3n) is 6.60. The number of nitrogens with zero attached hydrogens (tertiary/aromatic N) is 5. The van der Waals surface area contributed by atoms with Crippen LogP contribution in [0.5, 0.6) is 5.75 Å². The van der Waals surface area contributed by atoms with Crippen LogP contribution in [0.2, 0.25) is 0 Å². The van der Waals surface area contributed by atoms with Crippen molar-refractivity contribution in [1.29, 1.82) is 0 Å². The molecule has 1 unspecified atom stereocenters. The molecule has 1 fully saturated rings. The summed E-state index contributed by atoms with van der Waals surface area (Å²) in [5, 5.41) is 39.9. The number of ether oxygens (including phenoxy) is 1. The molecule has 2 heterocycles. The van der Waals surface area contributed by atoms with Crippen molar-refractivity contribution in [3.05, 3.63) is 41.7 Å². The van der Waals surface area contributed by atoms with Gasteiger partial charge in [-0.25, -0.2) is 0 Å². The molecule has 1 aliphatic rings. The van der Waals surface area contributed by atoms with Crippen molar-refractivity contribution in [3.8, 4) is 17.0 Å². The van der Waals surface area contributed by atoms with Crippen LogP contribution >= 0.6 is 0 Å². The molecule has 17 heteroatoms. The van der Waals surface area contributed by atoms with Gasteiger partial charge in [-0.2, -0.15) is 5.10 Å². The second kappa shape index (κ2) is 12.9. The zero-order valence-electron chi connectivity index (χ0n) is 25.1. The monoisotopic (exact) mass is 588 g/mol. The van der Waals surface area contributed by atoms with Gasteiger partial charge in [-0.1, -0.05) is 6.07 Å². The SMILES string of the molecule is BC(B)(B)NC(=O)c1nnc(NC(=O)C2CC2)cc1Nc1cccc(-c2cc(C(=O)N(C)CC(O)CO)n(C)n2)c1OC. The van der Waals surface area contributed by atoms with Crippen molar-refractivity contribution >= 4 is 58.5 Å². The fourth-order valence-electron chi connectivity index (χ4n) is 4.34. The molecule has 3 amide bonds. The van der Waals surface area contributed by atoms with E-state index in [2.05, 4.69) is 31.2 Å². The van der Waals surface area contributed by atoms with Crippen LogP contribution in [-0.4, -0.2) is 115 Å². The minimum atomic E-state index is -1.06. The maximum absolute atomic E-state index is 13.2. The second-order valence-corrected chi connectivity index (χ2v) is 11.5. The number of hydrogen-bond acceptors (Lipinski definition) is 10. The van der Waals surface area contributed by atoms with Crippen LogP contribution < -0.4 is 20.7 Å². The molecule has 1 aromatic carbocycles. The van der Waals surface area contributed by atoms with Crippen molar-refractivity contribution in [2.45, 2.75) is 24.2 Å². The van der Waals surface area contributed by atoms with Gasteiger partial charge in [0, 0.05) is 38.2 Å². The van der Waals surface area contributed by atoms with Gasteiger partial charge in [-0.3, -0.25) is 19.1 Å². The highest BCUT2D eigenvalue weighted by atomic mass is 16.5. The Balaban J connectivity index is 1.69. The topological polar surface area (TPSA) is 184 Å². The molecule has 1 aliphatic carbocycles. The minimum Gasteiger partial charge on any atom is -0.494 e. The summed E-state index contributed by atoms with van der Waals surface area (Å²) < 4.78 is 7.19. The first-order chi connectivity index (χ1) is 20.3. The molecule has 14 nitrogen and oxygen atoms in total. The first-order valence-electron chi connectivity index (χ1n) is 13.8. The molecule has 3 aromatic rings. The summed E-state index contributed by atoms with van der Waals surface area (Å²) in [6.07, 6.45) is 0.578. The lowest BCUT2D eigenvalue weighted by molar-refractivity contribution is -0.117. The number of aryl methyl sites for hydroxylation is 1. The Kier molecular flexibility index (Phi) is 9.45.